The zero-order chi connectivity index (χ0) is 15.6. The van der Waals surface area contributed by atoms with Crippen LogP contribution in [-0.4, -0.2) is 25.3 Å². The van der Waals surface area contributed by atoms with E-state index in [-0.39, 0.29) is 16.6 Å². The monoisotopic (exact) mass is 314 g/mol. The average Bonchev–Trinajstić information content (AvgIpc) is 2.44. The molecular weight excluding hydrogens is 291 g/mol. The fraction of sp³-hybridized carbons (Fsp3) is 0.600. The Morgan fingerprint density at radius 1 is 1.29 bits per heavy atom. The molecule has 0 aromatic heterocycles. The van der Waals surface area contributed by atoms with Crippen LogP contribution in [0.5, 0.6) is 0 Å². The van der Waals surface area contributed by atoms with Crippen molar-refractivity contribution in [3.8, 4) is 0 Å². The lowest BCUT2D eigenvalue weighted by molar-refractivity contribution is 0.261. The molecule has 1 aliphatic rings. The maximum atomic E-state index is 13.5. The molecule has 0 amide bonds. The SMILES string of the molecule is CCN(C1CCCCC1)S(=O)(=O)c1cc(N)c(F)cc1C. The summed E-state index contributed by atoms with van der Waals surface area (Å²) in [5, 5.41) is 0. The molecule has 1 aliphatic carbocycles. The maximum absolute atomic E-state index is 13.5. The van der Waals surface area contributed by atoms with Gasteiger partial charge in [-0.05, 0) is 37.5 Å². The number of sulfonamides is 1. The van der Waals surface area contributed by atoms with Crippen LogP contribution < -0.4 is 5.73 Å². The Bertz CT molecular complexity index is 610. The molecule has 0 radical (unpaired) electrons. The van der Waals surface area contributed by atoms with E-state index in [9.17, 15) is 12.8 Å². The molecule has 21 heavy (non-hydrogen) atoms. The van der Waals surface area contributed by atoms with Gasteiger partial charge < -0.3 is 5.73 Å². The second kappa shape index (κ2) is 6.32. The normalized spacial score (nSPS) is 17.3. The zero-order valence-corrected chi connectivity index (χ0v) is 13.4. The van der Waals surface area contributed by atoms with Crippen molar-refractivity contribution in [3.63, 3.8) is 0 Å². The third kappa shape index (κ3) is 3.21. The molecular formula is C15H23FN2O2S. The largest absolute Gasteiger partial charge is 0.396 e. The van der Waals surface area contributed by atoms with Gasteiger partial charge in [0.1, 0.15) is 5.82 Å². The van der Waals surface area contributed by atoms with Crippen LogP contribution in [0.3, 0.4) is 0 Å². The first-order valence-corrected chi connectivity index (χ1v) is 8.89. The highest BCUT2D eigenvalue weighted by Gasteiger charge is 2.32. The minimum atomic E-state index is -3.63. The summed E-state index contributed by atoms with van der Waals surface area (Å²) in [6, 6.07) is 2.47. The molecule has 1 saturated carbocycles. The van der Waals surface area contributed by atoms with Crippen LogP contribution >= 0.6 is 0 Å². The lowest BCUT2D eigenvalue weighted by Crippen LogP contribution is -2.41. The molecule has 2 rings (SSSR count). The highest BCUT2D eigenvalue weighted by atomic mass is 32.2. The van der Waals surface area contributed by atoms with Gasteiger partial charge in [-0.1, -0.05) is 26.2 Å². The highest BCUT2D eigenvalue weighted by Crippen LogP contribution is 2.30. The summed E-state index contributed by atoms with van der Waals surface area (Å²) in [6.45, 7) is 3.86. The fourth-order valence-corrected chi connectivity index (χ4v) is 5.00. The van der Waals surface area contributed by atoms with Crippen molar-refractivity contribution in [1.82, 2.24) is 4.31 Å². The van der Waals surface area contributed by atoms with Crippen LogP contribution in [0.15, 0.2) is 17.0 Å². The summed E-state index contributed by atoms with van der Waals surface area (Å²) in [4.78, 5) is 0.119. The van der Waals surface area contributed by atoms with Crippen molar-refractivity contribution >= 4 is 15.7 Å². The van der Waals surface area contributed by atoms with Gasteiger partial charge in [0.15, 0.2) is 0 Å². The highest BCUT2D eigenvalue weighted by molar-refractivity contribution is 7.89. The first-order valence-electron chi connectivity index (χ1n) is 7.45. The van der Waals surface area contributed by atoms with Gasteiger partial charge in [0.05, 0.1) is 10.6 Å². The molecule has 2 N–H and O–H groups in total. The number of nitrogens with two attached hydrogens (primary N) is 1. The smallest absolute Gasteiger partial charge is 0.243 e. The first-order chi connectivity index (χ1) is 9.87. The summed E-state index contributed by atoms with van der Waals surface area (Å²) in [7, 11) is -3.63. The third-order valence-electron chi connectivity index (χ3n) is 4.17. The Hall–Kier alpha value is -1.14. The molecule has 0 bridgehead atoms. The lowest BCUT2D eigenvalue weighted by atomic mass is 9.95. The summed E-state index contributed by atoms with van der Waals surface area (Å²) in [6.07, 6.45) is 5.06. The Kier molecular flexibility index (Phi) is 4.88. The third-order valence-corrected chi connectivity index (χ3v) is 6.34. The molecule has 0 spiro atoms. The van der Waals surface area contributed by atoms with Crippen molar-refractivity contribution in [1.29, 1.82) is 0 Å². The molecule has 0 heterocycles. The Labute approximate surface area is 126 Å². The van der Waals surface area contributed by atoms with E-state index in [1.54, 1.807) is 11.2 Å². The minimum absolute atomic E-state index is 0.0411. The van der Waals surface area contributed by atoms with E-state index < -0.39 is 15.8 Å². The molecule has 6 heteroatoms. The van der Waals surface area contributed by atoms with Gasteiger partial charge in [-0.15, -0.1) is 0 Å². The van der Waals surface area contributed by atoms with Gasteiger partial charge in [0.25, 0.3) is 0 Å². The van der Waals surface area contributed by atoms with Crippen LogP contribution in [0.25, 0.3) is 0 Å². The molecule has 1 aromatic carbocycles. The first kappa shape index (κ1) is 16.2. The number of hydrogen-bond donors (Lipinski definition) is 1. The molecule has 0 atom stereocenters. The van der Waals surface area contributed by atoms with E-state index in [1.165, 1.54) is 12.1 Å². The topological polar surface area (TPSA) is 63.4 Å². The van der Waals surface area contributed by atoms with Crippen molar-refractivity contribution in [2.75, 3.05) is 12.3 Å². The molecule has 0 saturated heterocycles. The molecule has 1 fully saturated rings. The number of anilines is 1. The minimum Gasteiger partial charge on any atom is -0.396 e. The lowest BCUT2D eigenvalue weighted by Gasteiger charge is -2.33. The van der Waals surface area contributed by atoms with E-state index >= 15 is 0 Å². The van der Waals surface area contributed by atoms with Crippen LogP contribution in [0.1, 0.15) is 44.6 Å². The second-order valence-corrected chi connectivity index (χ2v) is 7.50. The standard InChI is InChI=1S/C15H23FN2O2S/c1-3-18(12-7-5-4-6-8-12)21(19,20)15-10-14(17)13(16)9-11(15)2/h9-10,12H,3-8,17H2,1-2H3. The van der Waals surface area contributed by atoms with E-state index in [2.05, 4.69) is 0 Å². The summed E-state index contributed by atoms with van der Waals surface area (Å²) in [5.74, 6) is -0.577. The van der Waals surface area contributed by atoms with Crippen molar-refractivity contribution < 1.29 is 12.8 Å². The number of hydrogen-bond acceptors (Lipinski definition) is 3. The van der Waals surface area contributed by atoms with Crippen LogP contribution in [0.2, 0.25) is 0 Å². The predicted octanol–water partition coefficient (Wildman–Crippen LogP) is 3.06. The molecule has 4 nitrogen and oxygen atoms in total. The van der Waals surface area contributed by atoms with Crippen molar-refractivity contribution in [2.24, 2.45) is 0 Å². The molecule has 1 aromatic rings. The second-order valence-electron chi connectivity index (χ2n) is 5.64. The number of nitrogens with zero attached hydrogens (tertiary/aromatic N) is 1. The predicted molar refractivity (Wildman–Crippen MR) is 82.0 cm³/mol. The Morgan fingerprint density at radius 2 is 1.90 bits per heavy atom. The van der Waals surface area contributed by atoms with Gasteiger partial charge in [-0.3, -0.25) is 0 Å². The van der Waals surface area contributed by atoms with E-state index in [1.807, 2.05) is 6.92 Å². The van der Waals surface area contributed by atoms with Crippen molar-refractivity contribution in [3.05, 3.63) is 23.5 Å². The van der Waals surface area contributed by atoms with Crippen LogP contribution in [0, 0.1) is 12.7 Å². The number of aryl methyl sites for hydroxylation is 1. The van der Waals surface area contributed by atoms with Crippen LogP contribution in [0.4, 0.5) is 10.1 Å². The summed E-state index contributed by atoms with van der Waals surface area (Å²) >= 11 is 0. The van der Waals surface area contributed by atoms with Gasteiger partial charge in [0.2, 0.25) is 10.0 Å². The number of benzene rings is 1. The van der Waals surface area contributed by atoms with Gasteiger partial charge >= 0.3 is 0 Å². The average molecular weight is 314 g/mol. The number of nitrogen functional groups attached to an aromatic ring is 1. The Morgan fingerprint density at radius 3 is 2.48 bits per heavy atom. The van der Waals surface area contributed by atoms with Gasteiger partial charge in [0, 0.05) is 12.6 Å². The van der Waals surface area contributed by atoms with Gasteiger partial charge in [-0.2, -0.15) is 4.31 Å². The van der Waals surface area contributed by atoms with E-state index in [4.69, 9.17) is 5.73 Å². The quantitative estimate of drug-likeness (QED) is 0.869. The Balaban J connectivity index is 2.41. The van der Waals surface area contributed by atoms with Gasteiger partial charge in [-0.25, -0.2) is 12.8 Å². The fourth-order valence-electron chi connectivity index (χ4n) is 3.07. The summed E-state index contributed by atoms with van der Waals surface area (Å²) in [5.41, 5.74) is 5.82. The van der Waals surface area contributed by atoms with Crippen LogP contribution in [-0.2, 0) is 10.0 Å². The zero-order valence-electron chi connectivity index (χ0n) is 12.6. The molecule has 0 aliphatic heterocycles. The van der Waals surface area contributed by atoms with E-state index in [0.29, 0.717) is 12.1 Å². The number of halogens is 1. The van der Waals surface area contributed by atoms with E-state index in [0.717, 1.165) is 32.1 Å². The molecule has 0 unspecified atom stereocenters. The number of rotatable bonds is 4. The van der Waals surface area contributed by atoms with Crippen molar-refractivity contribution in [2.45, 2.75) is 56.9 Å². The maximum Gasteiger partial charge on any atom is 0.243 e. The summed E-state index contributed by atoms with van der Waals surface area (Å²) < 4.78 is 40.8. The molecule has 118 valence electrons.